The second-order valence-corrected chi connectivity index (χ2v) is 5.88. The van der Waals surface area contributed by atoms with Crippen LogP contribution in [0.15, 0.2) is 36.0 Å². The van der Waals surface area contributed by atoms with Crippen LogP contribution in [0.25, 0.3) is 0 Å². The predicted octanol–water partition coefficient (Wildman–Crippen LogP) is 3.46. The van der Waals surface area contributed by atoms with E-state index in [1.807, 2.05) is 69.9 Å². The molecule has 0 aliphatic carbocycles. The molecule has 0 aliphatic rings. The Bertz CT molecular complexity index is 576. The molecular weight excluding hydrogens is 262 g/mol. The third-order valence-corrected chi connectivity index (χ3v) is 3.25. The number of hydrogen-bond acceptors (Lipinski definition) is 3. The molecule has 1 amide bonds. The number of rotatable bonds is 4. The van der Waals surface area contributed by atoms with E-state index < -0.39 is 0 Å². The molecule has 21 heavy (non-hydrogen) atoms. The summed E-state index contributed by atoms with van der Waals surface area (Å²) in [6.07, 6.45) is 1.63. The number of carbonyl (C=O) groups excluding carboxylic acids is 1. The van der Waals surface area contributed by atoms with Gasteiger partial charge in [0.2, 0.25) is 0 Å². The first-order chi connectivity index (χ1) is 9.79. The summed E-state index contributed by atoms with van der Waals surface area (Å²) in [5.41, 5.74) is 1.66. The van der Waals surface area contributed by atoms with Crippen LogP contribution in [0.4, 0.5) is 5.69 Å². The first kappa shape index (κ1) is 16.8. The highest BCUT2D eigenvalue weighted by atomic mass is 16.1. The van der Waals surface area contributed by atoms with Crippen molar-refractivity contribution in [3.8, 4) is 6.07 Å². The van der Waals surface area contributed by atoms with Crippen LogP contribution >= 0.6 is 0 Å². The van der Waals surface area contributed by atoms with Gasteiger partial charge in [0.1, 0.15) is 11.6 Å². The number of para-hydroxylation sites is 1. The highest BCUT2D eigenvalue weighted by Crippen LogP contribution is 2.17. The lowest BCUT2D eigenvalue weighted by molar-refractivity contribution is -0.112. The van der Waals surface area contributed by atoms with E-state index >= 15 is 0 Å². The average Bonchev–Trinajstić information content (AvgIpc) is 2.41. The molecule has 0 saturated carbocycles. The molecule has 1 aromatic rings. The summed E-state index contributed by atoms with van der Waals surface area (Å²) in [6.45, 7) is 10.8. The molecule has 0 bridgehead atoms. The Morgan fingerprint density at radius 3 is 2.48 bits per heavy atom. The third-order valence-electron chi connectivity index (χ3n) is 3.25. The van der Waals surface area contributed by atoms with Gasteiger partial charge < -0.3 is 10.2 Å². The van der Waals surface area contributed by atoms with Gasteiger partial charge in [0.15, 0.2) is 0 Å². The fourth-order valence-corrected chi connectivity index (χ4v) is 1.96. The van der Waals surface area contributed by atoms with Gasteiger partial charge in [-0.3, -0.25) is 4.79 Å². The zero-order chi connectivity index (χ0) is 16.0. The second kappa shape index (κ2) is 6.94. The summed E-state index contributed by atoms with van der Waals surface area (Å²) in [7, 11) is 0. The minimum Gasteiger partial charge on any atom is -0.372 e. The van der Waals surface area contributed by atoms with Crippen molar-refractivity contribution >= 4 is 11.6 Å². The molecule has 0 aromatic heterocycles. The van der Waals surface area contributed by atoms with Gasteiger partial charge in [-0.2, -0.15) is 5.26 Å². The van der Waals surface area contributed by atoms with Gasteiger partial charge in [-0.15, -0.1) is 0 Å². The summed E-state index contributed by atoms with van der Waals surface area (Å²) in [5, 5.41) is 12.0. The Balaban J connectivity index is 2.98. The summed E-state index contributed by atoms with van der Waals surface area (Å²) < 4.78 is 0. The lowest BCUT2D eigenvalue weighted by Crippen LogP contribution is -2.37. The van der Waals surface area contributed by atoms with E-state index in [0.29, 0.717) is 0 Å². The Kier molecular flexibility index (Phi) is 5.54. The second-order valence-electron chi connectivity index (χ2n) is 5.88. The Hall–Kier alpha value is -2.28. The SMILES string of the molecule is CCN(/C=C(/C#N)C(=O)Nc1ccccc1C)C(C)(C)C. The lowest BCUT2D eigenvalue weighted by Gasteiger charge is -2.33. The molecule has 1 aromatic carbocycles. The lowest BCUT2D eigenvalue weighted by atomic mass is 10.1. The quantitative estimate of drug-likeness (QED) is 0.681. The van der Waals surface area contributed by atoms with E-state index in [2.05, 4.69) is 5.32 Å². The number of anilines is 1. The number of amides is 1. The molecule has 0 unspecified atom stereocenters. The maximum atomic E-state index is 12.2. The smallest absolute Gasteiger partial charge is 0.267 e. The van der Waals surface area contributed by atoms with Crippen LogP contribution in [-0.2, 0) is 4.79 Å². The molecular formula is C17H23N3O. The zero-order valence-electron chi connectivity index (χ0n) is 13.4. The molecule has 0 radical (unpaired) electrons. The van der Waals surface area contributed by atoms with E-state index in [9.17, 15) is 10.1 Å². The van der Waals surface area contributed by atoms with E-state index in [1.54, 1.807) is 6.20 Å². The fraction of sp³-hybridized carbons (Fsp3) is 0.412. The first-order valence-corrected chi connectivity index (χ1v) is 7.05. The minimum absolute atomic E-state index is 0.107. The number of carbonyl (C=O) groups is 1. The molecule has 0 heterocycles. The fourth-order valence-electron chi connectivity index (χ4n) is 1.96. The van der Waals surface area contributed by atoms with Gasteiger partial charge in [-0.05, 0) is 46.2 Å². The summed E-state index contributed by atoms with van der Waals surface area (Å²) in [4.78, 5) is 14.2. The van der Waals surface area contributed by atoms with Crippen LogP contribution in [0.2, 0.25) is 0 Å². The van der Waals surface area contributed by atoms with Crippen LogP contribution in [-0.4, -0.2) is 22.9 Å². The van der Waals surface area contributed by atoms with Crippen molar-refractivity contribution in [3.63, 3.8) is 0 Å². The molecule has 4 nitrogen and oxygen atoms in total. The molecule has 0 aliphatic heterocycles. The van der Waals surface area contributed by atoms with Crippen LogP contribution in [0.1, 0.15) is 33.3 Å². The van der Waals surface area contributed by atoms with Gasteiger partial charge in [0, 0.05) is 24.0 Å². The standard InChI is InChI=1S/C17H23N3O/c1-6-20(17(3,4)5)12-14(11-18)16(21)19-15-10-8-7-9-13(15)2/h7-10,12H,6H2,1-5H3,(H,19,21)/b14-12-. The van der Waals surface area contributed by atoms with Gasteiger partial charge in [0.05, 0.1) is 0 Å². The zero-order valence-corrected chi connectivity index (χ0v) is 13.4. The van der Waals surface area contributed by atoms with Crippen LogP contribution in [0.5, 0.6) is 0 Å². The van der Waals surface area contributed by atoms with Crippen molar-refractivity contribution in [3.05, 3.63) is 41.6 Å². The molecule has 0 fully saturated rings. The van der Waals surface area contributed by atoms with E-state index in [0.717, 1.165) is 17.8 Å². The maximum Gasteiger partial charge on any atom is 0.267 e. The van der Waals surface area contributed by atoms with Crippen LogP contribution in [0, 0.1) is 18.3 Å². The highest BCUT2D eigenvalue weighted by molar-refractivity contribution is 6.06. The van der Waals surface area contributed by atoms with E-state index in [1.165, 1.54) is 0 Å². The summed E-state index contributed by atoms with van der Waals surface area (Å²) >= 11 is 0. The Labute approximate surface area is 127 Å². The van der Waals surface area contributed by atoms with Crippen molar-refractivity contribution in [2.75, 3.05) is 11.9 Å². The van der Waals surface area contributed by atoms with Gasteiger partial charge in [-0.25, -0.2) is 0 Å². The Morgan fingerprint density at radius 1 is 1.38 bits per heavy atom. The first-order valence-electron chi connectivity index (χ1n) is 7.05. The molecule has 112 valence electrons. The molecule has 0 atom stereocenters. The number of nitrogens with zero attached hydrogens (tertiary/aromatic N) is 2. The van der Waals surface area contributed by atoms with Crippen molar-refractivity contribution in [2.45, 2.75) is 40.2 Å². The largest absolute Gasteiger partial charge is 0.372 e. The van der Waals surface area contributed by atoms with E-state index in [4.69, 9.17) is 0 Å². The maximum absolute atomic E-state index is 12.2. The number of aryl methyl sites for hydroxylation is 1. The monoisotopic (exact) mass is 285 g/mol. The van der Waals surface area contributed by atoms with Crippen molar-refractivity contribution in [1.82, 2.24) is 4.90 Å². The number of benzene rings is 1. The highest BCUT2D eigenvalue weighted by Gasteiger charge is 2.19. The molecule has 0 saturated heterocycles. The normalized spacial score (nSPS) is 11.7. The molecule has 4 heteroatoms. The molecule has 1 rings (SSSR count). The van der Waals surface area contributed by atoms with Crippen molar-refractivity contribution in [2.24, 2.45) is 0 Å². The van der Waals surface area contributed by atoms with E-state index in [-0.39, 0.29) is 17.0 Å². The average molecular weight is 285 g/mol. The molecule has 1 N–H and O–H groups in total. The van der Waals surface area contributed by atoms with Crippen LogP contribution in [0.3, 0.4) is 0 Å². The van der Waals surface area contributed by atoms with Gasteiger partial charge in [0.25, 0.3) is 5.91 Å². The number of nitrogens with one attached hydrogen (secondary N) is 1. The van der Waals surface area contributed by atoms with Gasteiger partial charge >= 0.3 is 0 Å². The number of nitriles is 1. The van der Waals surface area contributed by atoms with Gasteiger partial charge in [-0.1, -0.05) is 18.2 Å². The Morgan fingerprint density at radius 2 is 2.00 bits per heavy atom. The van der Waals surface area contributed by atoms with Crippen molar-refractivity contribution in [1.29, 1.82) is 5.26 Å². The summed E-state index contributed by atoms with van der Waals surface area (Å²) in [5.74, 6) is -0.380. The molecule has 0 spiro atoms. The summed E-state index contributed by atoms with van der Waals surface area (Å²) in [6, 6.07) is 9.48. The topological polar surface area (TPSA) is 56.1 Å². The number of hydrogen-bond donors (Lipinski definition) is 1. The minimum atomic E-state index is -0.380. The van der Waals surface area contributed by atoms with Crippen molar-refractivity contribution < 1.29 is 4.79 Å². The third kappa shape index (κ3) is 4.64. The predicted molar refractivity (Wildman–Crippen MR) is 85.6 cm³/mol. The van der Waals surface area contributed by atoms with Crippen LogP contribution < -0.4 is 5.32 Å².